The Bertz CT molecular complexity index is 211. The summed E-state index contributed by atoms with van der Waals surface area (Å²) in [4.78, 5) is 22.6. The van der Waals surface area contributed by atoms with Crippen LogP contribution in [0.1, 0.15) is 27.2 Å². The van der Waals surface area contributed by atoms with Gasteiger partial charge < -0.3 is 10.2 Å². The Labute approximate surface area is 89.7 Å². The van der Waals surface area contributed by atoms with Gasteiger partial charge in [0.1, 0.15) is 0 Å². The maximum Gasteiger partial charge on any atom is 0.317 e. The zero-order valence-corrected chi connectivity index (χ0v) is 9.43. The highest BCUT2D eigenvalue weighted by molar-refractivity contribution is 5.72. The molecule has 0 aliphatic carbocycles. The Morgan fingerprint density at radius 2 is 1.47 bits per heavy atom. The maximum atomic E-state index is 10.5. The summed E-state index contributed by atoms with van der Waals surface area (Å²) in [6.45, 7) is 5.46. The largest absolute Gasteiger partial charge is 0.480 e. The van der Waals surface area contributed by atoms with Crippen LogP contribution in [-0.2, 0) is 9.59 Å². The van der Waals surface area contributed by atoms with Gasteiger partial charge in [0.2, 0.25) is 0 Å². The van der Waals surface area contributed by atoms with Crippen LogP contribution in [0.25, 0.3) is 0 Å². The van der Waals surface area contributed by atoms with Crippen LogP contribution < -0.4 is 0 Å². The zero-order valence-electron chi connectivity index (χ0n) is 9.43. The van der Waals surface area contributed by atoms with Gasteiger partial charge in [-0.2, -0.15) is 0 Å². The molecular weight excluding hydrogens is 198 g/mol. The van der Waals surface area contributed by atoms with Gasteiger partial charge in [-0.15, -0.1) is 0 Å². The van der Waals surface area contributed by atoms with Crippen LogP contribution in [-0.4, -0.2) is 46.2 Å². The normalized spacial score (nSPS) is 13.1. The SMILES string of the molecule is CC(C)CC(C)N(CC(=O)O)CC(=O)O. The lowest BCUT2D eigenvalue weighted by atomic mass is 10.0. The summed E-state index contributed by atoms with van der Waals surface area (Å²) in [6, 6.07) is -0.0304. The Balaban J connectivity index is 4.32. The summed E-state index contributed by atoms with van der Waals surface area (Å²) in [6.07, 6.45) is 0.792. The molecule has 0 aromatic rings. The summed E-state index contributed by atoms with van der Waals surface area (Å²) in [7, 11) is 0. The molecule has 5 heteroatoms. The van der Waals surface area contributed by atoms with Gasteiger partial charge in [0.15, 0.2) is 0 Å². The molecule has 0 spiro atoms. The lowest BCUT2D eigenvalue weighted by Gasteiger charge is -2.26. The molecule has 0 fully saturated rings. The van der Waals surface area contributed by atoms with Gasteiger partial charge in [0.25, 0.3) is 0 Å². The first-order valence-corrected chi connectivity index (χ1v) is 5.00. The molecule has 1 unspecified atom stereocenters. The van der Waals surface area contributed by atoms with Gasteiger partial charge in [0.05, 0.1) is 13.1 Å². The van der Waals surface area contributed by atoms with E-state index in [1.165, 1.54) is 4.90 Å². The monoisotopic (exact) mass is 217 g/mol. The predicted octanol–water partition coefficient (Wildman–Crippen LogP) is 0.892. The molecule has 88 valence electrons. The van der Waals surface area contributed by atoms with Crippen LogP contribution >= 0.6 is 0 Å². The Hall–Kier alpha value is -1.10. The first-order chi connectivity index (χ1) is 6.82. The van der Waals surface area contributed by atoms with E-state index in [4.69, 9.17) is 10.2 Å². The Kier molecular flexibility index (Phi) is 5.93. The van der Waals surface area contributed by atoms with Crippen molar-refractivity contribution in [1.82, 2.24) is 4.90 Å². The van der Waals surface area contributed by atoms with E-state index in [1.807, 2.05) is 20.8 Å². The van der Waals surface area contributed by atoms with Crippen LogP contribution in [0.3, 0.4) is 0 Å². The molecule has 0 amide bonds. The molecule has 0 aromatic carbocycles. The van der Waals surface area contributed by atoms with Crippen LogP contribution in [0.2, 0.25) is 0 Å². The van der Waals surface area contributed by atoms with Crippen LogP contribution in [0.15, 0.2) is 0 Å². The molecule has 15 heavy (non-hydrogen) atoms. The molecule has 5 nitrogen and oxygen atoms in total. The fourth-order valence-corrected chi connectivity index (χ4v) is 1.55. The molecule has 0 bridgehead atoms. The van der Waals surface area contributed by atoms with Crippen molar-refractivity contribution in [2.75, 3.05) is 13.1 Å². The zero-order chi connectivity index (χ0) is 12.0. The minimum Gasteiger partial charge on any atom is -0.480 e. The fraction of sp³-hybridized carbons (Fsp3) is 0.800. The van der Waals surface area contributed by atoms with Crippen molar-refractivity contribution in [3.05, 3.63) is 0 Å². The van der Waals surface area contributed by atoms with E-state index in [0.717, 1.165) is 6.42 Å². The molecule has 0 aromatic heterocycles. The van der Waals surface area contributed by atoms with Gasteiger partial charge >= 0.3 is 11.9 Å². The number of carboxylic acid groups (broad SMARTS) is 2. The summed E-state index contributed by atoms with van der Waals surface area (Å²) in [5, 5.41) is 17.3. The summed E-state index contributed by atoms with van der Waals surface area (Å²) in [5.41, 5.74) is 0. The molecular formula is C10H19NO4. The van der Waals surface area contributed by atoms with Crippen LogP contribution in [0, 0.1) is 5.92 Å². The van der Waals surface area contributed by atoms with Crippen molar-refractivity contribution in [3.63, 3.8) is 0 Å². The number of nitrogens with zero attached hydrogens (tertiary/aromatic N) is 1. The molecule has 0 heterocycles. The number of rotatable bonds is 7. The maximum absolute atomic E-state index is 10.5. The van der Waals surface area contributed by atoms with Gasteiger partial charge in [-0.25, -0.2) is 0 Å². The third-order valence-electron chi connectivity index (χ3n) is 2.11. The number of hydrogen-bond donors (Lipinski definition) is 2. The lowest BCUT2D eigenvalue weighted by molar-refractivity contribution is -0.142. The first kappa shape index (κ1) is 13.9. The highest BCUT2D eigenvalue weighted by atomic mass is 16.4. The average molecular weight is 217 g/mol. The minimum atomic E-state index is -0.994. The topological polar surface area (TPSA) is 77.8 Å². The molecule has 0 saturated heterocycles. The fourth-order valence-electron chi connectivity index (χ4n) is 1.55. The third kappa shape index (κ3) is 6.90. The van der Waals surface area contributed by atoms with E-state index >= 15 is 0 Å². The summed E-state index contributed by atoms with van der Waals surface area (Å²) < 4.78 is 0. The first-order valence-electron chi connectivity index (χ1n) is 5.00. The Morgan fingerprint density at radius 3 is 1.73 bits per heavy atom. The lowest BCUT2D eigenvalue weighted by Crippen LogP contribution is -2.41. The summed E-state index contributed by atoms with van der Waals surface area (Å²) >= 11 is 0. The smallest absolute Gasteiger partial charge is 0.317 e. The van der Waals surface area contributed by atoms with Crippen LogP contribution in [0.4, 0.5) is 0 Å². The second-order valence-electron chi connectivity index (χ2n) is 4.17. The van der Waals surface area contributed by atoms with Gasteiger partial charge in [0, 0.05) is 6.04 Å². The predicted molar refractivity (Wildman–Crippen MR) is 55.8 cm³/mol. The minimum absolute atomic E-state index is 0.0304. The van der Waals surface area contributed by atoms with Gasteiger partial charge in [-0.3, -0.25) is 14.5 Å². The van der Waals surface area contributed by atoms with E-state index < -0.39 is 11.9 Å². The number of carbonyl (C=O) groups is 2. The quantitative estimate of drug-likeness (QED) is 0.662. The number of hydrogen-bond acceptors (Lipinski definition) is 3. The van der Waals surface area contributed by atoms with Crippen LogP contribution in [0.5, 0.6) is 0 Å². The highest BCUT2D eigenvalue weighted by Gasteiger charge is 2.20. The second kappa shape index (κ2) is 6.40. The Morgan fingerprint density at radius 1 is 1.07 bits per heavy atom. The molecule has 0 radical (unpaired) electrons. The number of aliphatic carboxylic acids is 2. The van der Waals surface area contributed by atoms with Crippen molar-refractivity contribution in [1.29, 1.82) is 0 Å². The molecule has 0 saturated carbocycles. The van der Waals surface area contributed by atoms with E-state index in [1.54, 1.807) is 0 Å². The third-order valence-corrected chi connectivity index (χ3v) is 2.11. The summed E-state index contributed by atoms with van der Waals surface area (Å²) in [5.74, 6) is -1.57. The molecule has 0 rings (SSSR count). The highest BCUT2D eigenvalue weighted by Crippen LogP contribution is 2.10. The van der Waals surface area contributed by atoms with E-state index in [9.17, 15) is 9.59 Å². The van der Waals surface area contributed by atoms with E-state index in [2.05, 4.69) is 0 Å². The second-order valence-corrected chi connectivity index (χ2v) is 4.17. The van der Waals surface area contributed by atoms with Crippen molar-refractivity contribution >= 4 is 11.9 Å². The van der Waals surface area contributed by atoms with Crippen molar-refractivity contribution in [3.8, 4) is 0 Å². The van der Waals surface area contributed by atoms with Crippen molar-refractivity contribution in [2.45, 2.75) is 33.2 Å². The molecule has 1 atom stereocenters. The molecule has 2 N–H and O–H groups in total. The van der Waals surface area contributed by atoms with Gasteiger partial charge in [-0.1, -0.05) is 13.8 Å². The molecule has 0 aliphatic heterocycles. The van der Waals surface area contributed by atoms with Gasteiger partial charge in [-0.05, 0) is 19.3 Å². The standard InChI is InChI=1S/C10H19NO4/c1-7(2)4-8(3)11(5-9(12)13)6-10(14)15/h7-8H,4-6H2,1-3H3,(H,12,13)(H,14,15). The van der Waals surface area contributed by atoms with E-state index in [0.29, 0.717) is 5.92 Å². The van der Waals surface area contributed by atoms with E-state index in [-0.39, 0.29) is 19.1 Å². The number of carboxylic acids is 2. The average Bonchev–Trinajstić information content (AvgIpc) is 1.99. The van der Waals surface area contributed by atoms with Crippen molar-refractivity contribution < 1.29 is 19.8 Å². The van der Waals surface area contributed by atoms with Crippen molar-refractivity contribution in [2.24, 2.45) is 5.92 Å². The molecule has 0 aliphatic rings.